The van der Waals surface area contributed by atoms with Crippen LogP contribution in [0.2, 0.25) is 0 Å². The standard InChI is InChI=1S/C31H30N2O2/c1-31(2,25-13-15-27-23(17-25)19-32-29(34-27)21-9-5-3-6-10-21)26-14-16-28-24(18-26)20-33-30(35-28)22-11-7-4-8-12-22/h3-18,29-30,32-33H,19-20H2,1-2H3/t29-,30+. The maximum Gasteiger partial charge on any atom is 0.176 e. The SMILES string of the molecule is CC(C)(c1ccc2c(c1)CN[C@@H](c1ccccc1)O2)c1ccc2c(c1)CN[C@H](c1ccccc1)O2. The van der Waals surface area contributed by atoms with Gasteiger partial charge < -0.3 is 9.47 Å². The van der Waals surface area contributed by atoms with E-state index in [0.717, 1.165) is 35.7 Å². The fourth-order valence-corrected chi connectivity index (χ4v) is 4.98. The summed E-state index contributed by atoms with van der Waals surface area (Å²) < 4.78 is 12.6. The van der Waals surface area contributed by atoms with Crippen molar-refractivity contribution in [1.82, 2.24) is 10.6 Å². The highest BCUT2D eigenvalue weighted by Crippen LogP contribution is 2.39. The molecule has 4 nitrogen and oxygen atoms in total. The Balaban J connectivity index is 1.23. The first-order valence-electron chi connectivity index (χ1n) is 12.2. The summed E-state index contributed by atoms with van der Waals surface area (Å²) in [7, 11) is 0. The highest BCUT2D eigenvalue weighted by molar-refractivity contribution is 5.49. The van der Waals surface area contributed by atoms with Gasteiger partial charge in [-0.2, -0.15) is 0 Å². The summed E-state index contributed by atoms with van der Waals surface area (Å²) in [4.78, 5) is 0. The van der Waals surface area contributed by atoms with Gasteiger partial charge in [-0.1, -0.05) is 86.6 Å². The van der Waals surface area contributed by atoms with E-state index in [4.69, 9.17) is 9.47 Å². The number of benzene rings is 4. The first-order chi connectivity index (χ1) is 17.1. The van der Waals surface area contributed by atoms with E-state index in [1.807, 2.05) is 36.4 Å². The molecular formula is C31H30N2O2. The van der Waals surface area contributed by atoms with Crippen molar-refractivity contribution in [2.75, 3.05) is 0 Å². The van der Waals surface area contributed by atoms with Crippen LogP contribution in [-0.2, 0) is 18.5 Å². The summed E-state index contributed by atoms with van der Waals surface area (Å²) in [5, 5.41) is 7.04. The summed E-state index contributed by atoms with van der Waals surface area (Å²) in [6.07, 6.45) is -0.231. The predicted molar refractivity (Wildman–Crippen MR) is 138 cm³/mol. The van der Waals surface area contributed by atoms with Gasteiger partial charge in [-0.05, 0) is 35.4 Å². The van der Waals surface area contributed by atoms with E-state index >= 15 is 0 Å². The van der Waals surface area contributed by atoms with Crippen LogP contribution in [0.1, 0.15) is 59.7 Å². The Hall–Kier alpha value is -3.60. The van der Waals surface area contributed by atoms with Gasteiger partial charge in [-0.25, -0.2) is 0 Å². The second kappa shape index (κ2) is 8.88. The third-order valence-corrected chi connectivity index (χ3v) is 7.21. The summed E-state index contributed by atoms with van der Waals surface area (Å²) in [6.45, 7) is 6.12. The minimum absolute atomic E-state index is 0.115. The third kappa shape index (κ3) is 4.20. The van der Waals surface area contributed by atoms with Crippen LogP contribution in [0.15, 0.2) is 97.1 Å². The van der Waals surface area contributed by atoms with Gasteiger partial charge in [0.25, 0.3) is 0 Å². The molecule has 2 aliphatic heterocycles. The number of hydrogen-bond donors (Lipinski definition) is 2. The molecule has 35 heavy (non-hydrogen) atoms. The molecule has 0 aromatic heterocycles. The quantitative estimate of drug-likeness (QED) is 0.370. The Morgan fingerprint density at radius 3 is 1.46 bits per heavy atom. The Bertz CT molecular complexity index is 1230. The van der Waals surface area contributed by atoms with Crippen LogP contribution in [0, 0.1) is 0 Å². The molecule has 2 atom stereocenters. The molecule has 0 bridgehead atoms. The van der Waals surface area contributed by atoms with Crippen LogP contribution < -0.4 is 20.1 Å². The maximum absolute atomic E-state index is 6.28. The van der Waals surface area contributed by atoms with E-state index in [-0.39, 0.29) is 17.9 Å². The van der Waals surface area contributed by atoms with Gasteiger partial charge in [0.2, 0.25) is 0 Å². The maximum atomic E-state index is 6.28. The van der Waals surface area contributed by atoms with E-state index in [1.165, 1.54) is 22.3 Å². The molecule has 0 unspecified atom stereocenters. The van der Waals surface area contributed by atoms with Crippen LogP contribution in [0.4, 0.5) is 0 Å². The fraction of sp³-hybridized carbons (Fsp3) is 0.226. The van der Waals surface area contributed by atoms with Crippen molar-refractivity contribution in [2.45, 2.75) is 44.8 Å². The molecule has 0 aliphatic carbocycles. The highest BCUT2D eigenvalue weighted by Gasteiger charge is 2.29. The van der Waals surface area contributed by atoms with Crippen LogP contribution >= 0.6 is 0 Å². The van der Waals surface area contributed by atoms with Gasteiger partial charge in [0, 0.05) is 40.8 Å². The van der Waals surface area contributed by atoms with Crippen molar-refractivity contribution in [1.29, 1.82) is 0 Å². The average molecular weight is 463 g/mol. The highest BCUT2D eigenvalue weighted by atomic mass is 16.5. The van der Waals surface area contributed by atoms with E-state index in [2.05, 4.69) is 85.1 Å². The zero-order valence-electron chi connectivity index (χ0n) is 20.1. The van der Waals surface area contributed by atoms with Crippen molar-refractivity contribution >= 4 is 0 Å². The molecular weight excluding hydrogens is 432 g/mol. The molecule has 2 aliphatic rings. The summed E-state index contributed by atoms with van der Waals surface area (Å²) in [5.74, 6) is 1.90. The largest absolute Gasteiger partial charge is 0.471 e. The lowest BCUT2D eigenvalue weighted by Crippen LogP contribution is -2.31. The van der Waals surface area contributed by atoms with Gasteiger partial charge in [-0.3, -0.25) is 10.6 Å². The molecule has 2 N–H and O–H groups in total. The lowest BCUT2D eigenvalue weighted by Gasteiger charge is -2.32. The van der Waals surface area contributed by atoms with Gasteiger partial charge in [0.15, 0.2) is 12.5 Å². The van der Waals surface area contributed by atoms with Crippen LogP contribution in [-0.4, -0.2) is 0 Å². The van der Waals surface area contributed by atoms with Crippen molar-refractivity contribution in [3.8, 4) is 11.5 Å². The fourth-order valence-electron chi connectivity index (χ4n) is 4.98. The van der Waals surface area contributed by atoms with Crippen molar-refractivity contribution in [3.05, 3.63) is 130 Å². The van der Waals surface area contributed by atoms with Crippen LogP contribution in [0.25, 0.3) is 0 Å². The van der Waals surface area contributed by atoms with Crippen molar-refractivity contribution < 1.29 is 9.47 Å². The number of ether oxygens (including phenoxy) is 2. The Morgan fingerprint density at radius 1 is 0.600 bits per heavy atom. The molecule has 0 spiro atoms. The van der Waals surface area contributed by atoms with Crippen molar-refractivity contribution in [2.24, 2.45) is 0 Å². The molecule has 4 aromatic rings. The zero-order chi connectivity index (χ0) is 23.8. The first kappa shape index (κ1) is 21.9. The monoisotopic (exact) mass is 462 g/mol. The third-order valence-electron chi connectivity index (χ3n) is 7.21. The number of nitrogens with one attached hydrogen (secondary N) is 2. The molecule has 0 fully saturated rings. The molecule has 176 valence electrons. The second-order valence-corrected chi connectivity index (χ2v) is 9.85. The van der Waals surface area contributed by atoms with Gasteiger partial charge in [0.05, 0.1) is 0 Å². The molecule has 4 heteroatoms. The van der Waals surface area contributed by atoms with E-state index in [0.29, 0.717) is 0 Å². The number of fused-ring (bicyclic) bond motifs is 2. The average Bonchev–Trinajstić information content (AvgIpc) is 2.93. The van der Waals surface area contributed by atoms with Crippen LogP contribution in [0.3, 0.4) is 0 Å². The molecule has 2 heterocycles. The lowest BCUT2D eigenvalue weighted by molar-refractivity contribution is 0.144. The summed E-state index contributed by atoms with van der Waals surface area (Å²) >= 11 is 0. The molecule has 0 amide bonds. The Labute approximate surface area is 206 Å². The molecule has 0 saturated heterocycles. The number of hydrogen-bond acceptors (Lipinski definition) is 4. The van der Waals surface area contributed by atoms with Crippen molar-refractivity contribution in [3.63, 3.8) is 0 Å². The van der Waals surface area contributed by atoms with Crippen LogP contribution in [0.5, 0.6) is 11.5 Å². The zero-order valence-corrected chi connectivity index (χ0v) is 20.1. The second-order valence-electron chi connectivity index (χ2n) is 9.85. The van der Waals surface area contributed by atoms with E-state index in [1.54, 1.807) is 0 Å². The Morgan fingerprint density at radius 2 is 1.03 bits per heavy atom. The molecule has 0 radical (unpaired) electrons. The topological polar surface area (TPSA) is 42.5 Å². The van der Waals surface area contributed by atoms with Gasteiger partial charge in [0.1, 0.15) is 11.5 Å². The molecule has 0 saturated carbocycles. The Kier molecular flexibility index (Phi) is 5.56. The smallest absolute Gasteiger partial charge is 0.176 e. The summed E-state index contributed by atoms with van der Waals surface area (Å²) in [6, 6.07) is 33.8. The first-order valence-corrected chi connectivity index (χ1v) is 12.2. The predicted octanol–water partition coefficient (Wildman–Crippen LogP) is 6.37. The normalized spacial score (nSPS) is 19.1. The number of rotatable bonds is 4. The minimum Gasteiger partial charge on any atom is -0.471 e. The van der Waals surface area contributed by atoms with Gasteiger partial charge in [-0.15, -0.1) is 0 Å². The lowest BCUT2D eigenvalue weighted by atomic mass is 9.77. The summed E-state index contributed by atoms with van der Waals surface area (Å²) in [5.41, 5.74) is 7.05. The van der Waals surface area contributed by atoms with Gasteiger partial charge >= 0.3 is 0 Å². The molecule has 6 rings (SSSR count). The molecule has 4 aromatic carbocycles. The van der Waals surface area contributed by atoms with E-state index in [9.17, 15) is 0 Å². The van der Waals surface area contributed by atoms with E-state index < -0.39 is 0 Å². The minimum atomic E-state index is -0.156.